The van der Waals surface area contributed by atoms with Crippen molar-refractivity contribution in [2.75, 3.05) is 0 Å². The van der Waals surface area contributed by atoms with Crippen LogP contribution < -0.4 is 4.74 Å². The zero-order valence-corrected chi connectivity index (χ0v) is 12.4. The maximum absolute atomic E-state index is 12.2. The fraction of sp³-hybridized carbons (Fsp3) is 0.222. The van der Waals surface area contributed by atoms with E-state index in [0.717, 1.165) is 24.8 Å². The lowest BCUT2D eigenvalue weighted by atomic mass is 10.1. The average molecular weight is 298 g/mol. The number of aromatic carboxylic acids is 1. The Balaban J connectivity index is 2.13. The number of carboxylic acids is 1. The van der Waals surface area contributed by atoms with Crippen molar-refractivity contribution in [1.29, 1.82) is 0 Å². The molecule has 0 radical (unpaired) electrons. The number of carbonyl (C=O) groups is 2. The molecule has 0 spiro atoms. The Kier molecular flexibility index (Phi) is 5.31. The highest BCUT2D eigenvalue weighted by molar-refractivity contribution is 5.93. The molecular weight excluding hydrogens is 280 g/mol. The number of ether oxygens (including phenoxy) is 1. The van der Waals surface area contributed by atoms with Gasteiger partial charge in [0, 0.05) is 0 Å². The quantitative estimate of drug-likeness (QED) is 0.648. The number of benzene rings is 2. The predicted molar refractivity (Wildman–Crippen MR) is 83.4 cm³/mol. The Labute approximate surface area is 129 Å². The van der Waals surface area contributed by atoms with E-state index < -0.39 is 11.9 Å². The van der Waals surface area contributed by atoms with Gasteiger partial charge in [0.2, 0.25) is 0 Å². The molecule has 0 aliphatic rings. The molecule has 0 aliphatic carbocycles. The van der Waals surface area contributed by atoms with E-state index >= 15 is 0 Å². The van der Waals surface area contributed by atoms with Gasteiger partial charge in [0.05, 0.1) is 11.1 Å². The number of para-hydroxylation sites is 1. The molecule has 0 saturated carbocycles. The van der Waals surface area contributed by atoms with E-state index in [1.165, 1.54) is 24.3 Å². The van der Waals surface area contributed by atoms with E-state index in [2.05, 4.69) is 6.92 Å². The average Bonchev–Trinajstić information content (AvgIpc) is 2.54. The summed E-state index contributed by atoms with van der Waals surface area (Å²) in [5, 5.41) is 8.85. The molecule has 0 saturated heterocycles. The van der Waals surface area contributed by atoms with E-state index in [4.69, 9.17) is 9.84 Å². The Hall–Kier alpha value is -2.62. The van der Waals surface area contributed by atoms with Crippen LogP contribution in [-0.2, 0) is 6.42 Å². The van der Waals surface area contributed by atoms with Crippen LogP contribution in [0.1, 0.15) is 46.0 Å². The van der Waals surface area contributed by atoms with Crippen LogP contribution >= 0.6 is 0 Å². The third-order valence-corrected chi connectivity index (χ3v) is 3.34. The molecule has 0 unspecified atom stereocenters. The Morgan fingerprint density at radius 2 is 1.64 bits per heavy atom. The zero-order valence-electron chi connectivity index (χ0n) is 12.4. The van der Waals surface area contributed by atoms with Crippen LogP contribution in [0.4, 0.5) is 0 Å². The monoisotopic (exact) mass is 298 g/mol. The molecule has 0 aromatic heterocycles. The molecular formula is C18H18O4. The van der Waals surface area contributed by atoms with Gasteiger partial charge in [0.15, 0.2) is 0 Å². The molecule has 2 rings (SSSR count). The number of aryl methyl sites for hydroxylation is 1. The lowest BCUT2D eigenvalue weighted by Gasteiger charge is -2.09. The third kappa shape index (κ3) is 3.95. The smallest absolute Gasteiger partial charge is 0.343 e. The molecule has 0 atom stereocenters. The first-order valence-corrected chi connectivity index (χ1v) is 7.25. The van der Waals surface area contributed by atoms with Crippen molar-refractivity contribution in [2.24, 2.45) is 0 Å². The van der Waals surface area contributed by atoms with E-state index in [9.17, 15) is 9.59 Å². The van der Waals surface area contributed by atoms with Gasteiger partial charge in [-0.3, -0.25) is 0 Å². The zero-order chi connectivity index (χ0) is 15.9. The SMILES string of the molecule is CCCCc1ccccc1OC(=O)c1ccc(C(=O)O)cc1. The molecule has 2 aromatic rings. The number of esters is 1. The van der Waals surface area contributed by atoms with E-state index in [1.807, 2.05) is 18.2 Å². The van der Waals surface area contributed by atoms with Gasteiger partial charge in [-0.2, -0.15) is 0 Å². The predicted octanol–water partition coefficient (Wildman–Crippen LogP) is 3.95. The molecule has 4 nitrogen and oxygen atoms in total. The van der Waals surface area contributed by atoms with Crippen molar-refractivity contribution in [3.63, 3.8) is 0 Å². The Bertz CT molecular complexity index is 659. The summed E-state index contributed by atoms with van der Waals surface area (Å²) in [7, 11) is 0. The molecule has 0 aliphatic heterocycles. The van der Waals surface area contributed by atoms with Crippen LogP contribution in [-0.4, -0.2) is 17.0 Å². The number of hydrogen-bond acceptors (Lipinski definition) is 3. The Morgan fingerprint density at radius 1 is 1.00 bits per heavy atom. The molecule has 0 amide bonds. The molecule has 1 N–H and O–H groups in total. The fourth-order valence-electron chi connectivity index (χ4n) is 2.08. The molecule has 0 fully saturated rings. The van der Waals surface area contributed by atoms with Gasteiger partial charge < -0.3 is 9.84 Å². The van der Waals surface area contributed by atoms with Gasteiger partial charge in [-0.05, 0) is 48.7 Å². The van der Waals surface area contributed by atoms with Gasteiger partial charge in [-0.15, -0.1) is 0 Å². The van der Waals surface area contributed by atoms with Gasteiger partial charge >= 0.3 is 11.9 Å². The summed E-state index contributed by atoms with van der Waals surface area (Å²) in [5.74, 6) is -0.950. The molecule has 4 heteroatoms. The highest BCUT2D eigenvalue weighted by Crippen LogP contribution is 2.21. The van der Waals surface area contributed by atoms with Gasteiger partial charge in [-0.25, -0.2) is 9.59 Å². The minimum atomic E-state index is -1.02. The number of carboxylic acid groups (broad SMARTS) is 1. The molecule has 114 valence electrons. The summed E-state index contributed by atoms with van der Waals surface area (Å²) in [6.07, 6.45) is 2.96. The van der Waals surface area contributed by atoms with Crippen molar-refractivity contribution < 1.29 is 19.4 Å². The van der Waals surface area contributed by atoms with Crippen molar-refractivity contribution in [2.45, 2.75) is 26.2 Å². The van der Waals surface area contributed by atoms with Crippen LogP contribution in [0.2, 0.25) is 0 Å². The highest BCUT2D eigenvalue weighted by atomic mass is 16.5. The standard InChI is InChI=1S/C18H18O4/c1-2-3-6-13-7-4-5-8-16(13)22-18(21)15-11-9-14(10-12-15)17(19)20/h4-5,7-12H,2-3,6H2,1H3,(H,19,20). The lowest BCUT2D eigenvalue weighted by molar-refractivity contribution is 0.0691. The summed E-state index contributed by atoms with van der Waals surface area (Å²) in [6.45, 7) is 2.11. The maximum atomic E-state index is 12.2. The second kappa shape index (κ2) is 7.41. The normalized spacial score (nSPS) is 10.2. The largest absolute Gasteiger partial charge is 0.478 e. The summed E-state index contributed by atoms with van der Waals surface area (Å²) in [4.78, 5) is 23.0. The third-order valence-electron chi connectivity index (χ3n) is 3.34. The van der Waals surface area contributed by atoms with E-state index in [-0.39, 0.29) is 5.56 Å². The number of carbonyl (C=O) groups excluding carboxylic acids is 1. The second-order valence-electron chi connectivity index (χ2n) is 4.98. The van der Waals surface area contributed by atoms with Crippen molar-refractivity contribution in [3.05, 3.63) is 65.2 Å². The first-order valence-electron chi connectivity index (χ1n) is 7.25. The molecule has 0 heterocycles. The number of unbranched alkanes of at least 4 members (excludes halogenated alkanes) is 1. The summed E-state index contributed by atoms with van der Waals surface area (Å²) >= 11 is 0. The topological polar surface area (TPSA) is 63.6 Å². The minimum Gasteiger partial charge on any atom is -0.478 e. The summed E-state index contributed by atoms with van der Waals surface area (Å²) < 4.78 is 5.44. The molecule has 0 bridgehead atoms. The summed E-state index contributed by atoms with van der Waals surface area (Å²) in [5.41, 5.74) is 1.47. The molecule has 22 heavy (non-hydrogen) atoms. The van der Waals surface area contributed by atoms with Gasteiger partial charge in [-0.1, -0.05) is 31.5 Å². The fourth-order valence-corrected chi connectivity index (χ4v) is 2.08. The minimum absolute atomic E-state index is 0.139. The van der Waals surface area contributed by atoms with Gasteiger partial charge in [0.25, 0.3) is 0 Å². The first-order chi connectivity index (χ1) is 10.6. The first kappa shape index (κ1) is 15.8. The Morgan fingerprint density at radius 3 is 2.27 bits per heavy atom. The lowest BCUT2D eigenvalue weighted by Crippen LogP contribution is -2.10. The van der Waals surface area contributed by atoms with E-state index in [1.54, 1.807) is 6.07 Å². The summed E-state index contributed by atoms with van der Waals surface area (Å²) in [6, 6.07) is 13.2. The van der Waals surface area contributed by atoms with Crippen molar-refractivity contribution in [3.8, 4) is 5.75 Å². The van der Waals surface area contributed by atoms with Crippen LogP contribution in [0.15, 0.2) is 48.5 Å². The van der Waals surface area contributed by atoms with Crippen LogP contribution in [0, 0.1) is 0 Å². The van der Waals surface area contributed by atoms with E-state index in [0.29, 0.717) is 11.3 Å². The van der Waals surface area contributed by atoms with Gasteiger partial charge in [0.1, 0.15) is 5.75 Å². The van der Waals surface area contributed by atoms with Crippen LogP contribution in [0.5, 0.6) is 5.75 Å². The second-order valence-corrected chi connectivity index (χ2v) is 4.98. The number of rotatable bonds is 6. The van der Waals surface area contributed by atoms with Crippen molar-refractivity contribution in [1.82, 2.24) is 0 Å². The maximum Gasteiger partial charge on any atom is 0.343 e. The van der Waals surface area contributed by atoms with Crippen LogP contribution in [0.25, 0.3) is 0 Å². The highest BCUT2D eigenvalue weighted by Gasteiger charge is 2.12. The number of hydrogen-bond donors (Lipinski definition) is 1. The molecule has 2 aromatic carbocycles. The van der Waals surface area contributed by atoms with Crippen LogP contribution in [0.3, 0.4) is 0 Å². The van der Waals surface area contributed by atoms with Crippen molar-refractivity contribution >= 4 is 11.9 Å².